The van der Waals surface area contributed by atoms with E-state index in [2.05, 4.69) is 48.8 Å². The summed E-state index contributed by atoms with van der Waals surface area (Å²) in [6.45, 7) is 14.5. The van der Waals surface area contributed by atoms with Crippen LogP contribution in [0.25, 0.3) is 0 Å². The zero-order chi connectivity index (χ0) is 16.2. The maximum absolute atomic E-state index is 5.49. The molecule has 23 heavy (non-hydrogen) atoms. The molecule has 0 saturated carbocycles. The predicted octanol–water partition coefficient (Wildman–Crippen LogP) is 3.24. The monoisotopic (exact) mass is 316 g/mol. The Labute approximate surface area is 141 Å². The Balaban J connectivity index is 1.48. The number of hydrogen-bond acceptors (Lipinski definition) is 3. The zero-order valence-electron chi connectivity index (χ0n) is 15.1. The molecule has 2 heterocycles. The molecule has 2 fully saturated rings. The van der Waals surface area contributed by atoms with Gasteiger partial charge >= 0.3 is 0 Å². The van der Waals surface area contributed by atoms with Gasteiger partial charge in [-0.25, -0.2) is 0 Å². The van der Waals surface area contributed by atoms with Gasteiger partial charge < -0.3 is 4.74 Å². The van der Waals surface area contributed by atoms with Crippen LogP contribution in [0.3, 0.4) is 0 Å². The van der Waals surface area contributed by atoms with Crippen LogP contribution in [-0.4, -0.2) is 55.2 Å². The van der Waals surface area contributed by atoms with Crippen LogP contribution in [0.1, 0.15) is 36.5 Å². The summed E-state index contributed by atoms with van der Waals surface area (Å²) < 4.78 is 5.49. The highest BCUT2D eigenvalue weighted by Crippen LogP contribution is 2.25. The van der Waals surface area contributed by atoms with Gasteiger partial charge in [0.25, 0.3) is 0 Å². The van der Waals surface area contributed by atoms with Crippen LogP contribution in [-0.2, 0) is 11.3 Å². The first-order chi connectivity index (χ1) is 11.1. The van der Waals surface area contributed by atoms with Crippen molar-refractivity contribution in [3.8, 4) is 0 Å². The van der Waals surface area contributed by atoms with Crippen molar-refractivity contribution in [2.24, 2.45) is 5.92 Å². The summed E-state index contributed by atoms with van der Waals surface area (Å²) in [5.41, 5.74) is 4.28. The van der Waals surface area contributed by atoms with Gasteiger partial charge in [0.2, 0.25) is 0 Å². The highest BCUT2D eigenvalue weighted by Gasteiger charge is 2.28. The van der Waals surface area contributed by atoms with Gasteiger partial charge in [0.05, 0.1) is 13.2 Å². The van der Waals surface area contributed by atoms with Gasteiger partial charge in [-0.05, 0) is 69.3 Å². The lowest BCUT2D eigenvalue weighted by molar-refractivity contribution is -0.00192. The lowest BCUT2D eigenvalue weighted by Crippen LogP contribution is -2.48. The van der Waals surface area contributed by atoms with Crippen molar-refractivity contribution in [3.63, 3.8) is 0 Å². The lowest BCUT2D eigenvalue weighted by Gasteiger charge is -2.41. The van der Waals surface area contributed by atoms with E-state index in [1.165, 1.54) is 42.6 Å². The van der Waals surface area contributed by atoms with Crippen molar-refractivity contribution in [2.45, 2.75) is 46.2 Å². The average molecular weight is 316 g/mol. The van der Waals surface area contributed by atoms with E-state index in [1.54, 1.807) is 0 Å². The number of piperidine rings is 1. The van der Waals surface area contributed by atoms with Crippen molar-refractivity contribution in [3.05, 3.63) is 34.9 Å². The minimum absolute atomic E-state index is 0.711. The second kappa shape index (κ2) is 7.78. The summed E-state index contributed by atoms with van der Waals surface area (Å²) in [4.78, 5) is 5.26. The highest BCUT2D eigenvalue weighted by molar-refractivity contribution is 5.29. The molecule has 0 N–H and O–H groups in total. The van der Waals surface area contributed by atoms with E-state index in [0.29, 0.717) is 6.04 Å². The molecule has 1 aromatic carbocycles. The third kappa shape index (κ3) is 4.34. The van der Waals surface area contributed by atoms with Gasteiger partial charge in [0.15, 0.2) is 0 Å². The first-order valence-corrected chi connectivity index (χ1v) is 9.24. The zero-order valence-corrected chi connectivity index (χ0v) is 15.1. The molecule has 3 heteroatoms. The number of rotatable bonds is 4. The van der Waals surface area contributed by atoms with Crippen molar-refractivity contribution in [2.75, 3.05) is 39.4 Å². The van der Waals surface area contributed by atoms with E-state index in [0.717, 1.165) is 38.8 Å². The van der Waals surface area contributed by atoms with Gasteiger partial charge in [-0.3, -0.25) is 9.80 Å². The van der Waals surface area contributed by atoms with E-state index in [1.807, 2.05) is 0 Å². The Kier molecular flexibility index (Phi) is 5.73. The smallest absolute Gasteiger partial charge is 0.0594 e. The minimum atomic E-state index is 0.711. The number of morpholine rings is 1. The van der Waals surface area contributed by atoms with Crippen LogP contribution in [0.15, 0.2) is 18.2 Å². The molecule has 0 radical (unpaired) electrons. The molecule has 1 atom stereocenters. The van der Waals surface area contributed by atoms with Crippen molar-refractivity contribution < 1.29 is 4.74 Å². The number of aryl methyl sites for hydroxylation is 2. The summed E-state index contributed by atoms with van der Waals surface area (Å²) in [6.07, 6.45) is 2.67. The Hall–Kier alpha value is -0.900. The van der Waals surface area contributed by atoms with Gasteiger partial charge in [0.1, 0.15) is 0 Å². The molecule has 0 bridgehead atoms. The van der Waals surface area contributed by atoms with Gasteiger partial charge in [-0.15, -0.1) is 0 Å². The molecule has 3 nitrogen and oxygen atoms in total. The van der Waals surface area contributed by atoms with E-state index < -0.39 is 0 Å². The van der Waals surface area contributed by atoms with Crippen LogP contribution in [0.2, 0.25) is 0 Å². The number of likely N-dealkylation sites (tertiary alicyclic amines) is 1. The molecule has 3 rings (SSSR count). The Bertz CT molecular complexity index is 502. The topological polar surface area (TPSA) is 15.7 Å². The van der Waals surface area contributed by atoms with Crippen LogP contribution in [0, 0.1) is 19.8 Å². The Morgan fingerprint density at radius 1 is 1.04 bits per heavy atom. The molecule has 0 aromatic heterocycles. The van der Waals surface area contributed by atoms with E-state index >= 15 is 0 Å². The van der Waals surface area contributed by atoms with Crippen LogP contribution < -0.4 is 0 Å². The molecule has 0 spiro atoms. The second-order valence-electron chi connectivity index (χ2n) is 7.42. The van der Waals surface area contributed by atoms with Crippen LogP contribution in [0.4, 0.5) is 0 Å². The summed E-state index contributed by atoms with van der Waals surface area (Å²) >= 11 is 0. The number of nitrogens with zero attached hydrogens (tertiary/aromatic N) is 2. The quantitative estimate of drug-likeness (QED) is 0.848. The fraction of sp³-hybridized carbons (Fsp3) is 0.700. The first-order valence-electron chi connectivity index (χ1n) is 9.24. The fourth-order valence-corrected chi connectivity index (χ4v) is 4.04. The summed E-state index contributed by atoms with van der Waals surface area (Å²) in [5, 5.41) is 0. The third-order valence-electron chi connectivity index (χ3n) is 5.91. The standard InChI is InChI=1S/C20H32N2O/c1-16-4-5-19(14-17(16)2)15-21-8-6-20(7-9-21)18(3)22-10-12-23-13-11-22/h4-5,14,18,20H,6-13,15H2,1-3H3/t18-/m1/s1. The van der Waals surface area contributed by atoms with E-state index in [9.17, 15) is 0 Å². The highest BCUT2D eigenvalue weighted by atomic mass is 16.5. The van der Waals surface area contributed by atoms with Crippen LogP contribution >= 0.6 is 0 Å². The van der Waals surface area contributed by atoms with Gasteiger partial charge in [-0.2, -0.15) is 0 Å². The summed E-state index contributed by atoms with van der Waals surface area (Å²) in [5.74, 6) is 0.851. The van der Waals surface area contributed by atoms with Crippen molar-refractivity contribution in [1.29, 1.82) is 0 Å². The number of benzene rings is 1. The second-order valence-corrected chi connectivity index (χ2v) is 7.42. The van der Waals surface area contributed by atoms with Crippen LogP contribution in [0.5, 0.6) is 0 Å². The molecule has 2 aliphatic rings. The molecule has 128 valence electrons. The van der Waals surface area contributed by atoms with Gasteiger partial charge in [-0.1, -0.05) is 18.2 Å². The SMILES string of the molecule is Cc1ccc(CN2CCC([C@@H](C)N3CCOCC3)CC2)cc1C. The summed E-state index contributed by atoms with van der Waals surface area (Å²) in [7, 11) is 0. The number of hydrogen-bond donors (Lipinski definition) is 0. The fourth-order valence-electron chi connectivity index (χ4n) is 4.04. The normalized spacial score (nSPS) is 23.1. The van der Waals surface area contributed by atoms with Crippen molar-refractivity contribution in [1.82, 2.24) is 9.80 Å². The lowest BCUT2D eigenvalue weighted by atomic mass is 9.89. The number of ether oxygens (including phenoxy) is 1. The first kappa shape index (κ1) is 16.9. The molecule has 1 aromatic rings. The Morgan fingerprint density at radius 3 is 2.39 bits per heavy atom. The molecule has 2 aliphatic heterocycles. The van der Waals surface area contributed by atoms with E-state index in [4.69, 9.17) is 4.74 Å². The molecule has 2 saturated heterocycles. The van der Waals surface area contributed by atoms with Crippen molar-refractivity contribution >= 4 is 0 Å². The maximum atomic E-state index is 5.49. The summed E-state index contributed by atoms with van der Waals surface area (Å²) in [6, 6.07) is 7.63. The Morgan fingerprint density at radius 2 is 1.74 bits per heavy atom. The average Bonchev–Trinajstić information content (AvgIpc) is 2.59. The molecule has 0 aliphatic carbocycles. The van der Waals surface area contributed by atoms with E-state index in [-0.39, 0.29) is 0 Å². The molecule has 0 unspecified atom stereocenters. The third-order valence-corrected chi connectivity index (χ3v) is 5.91. The maximum Gasteiger partial charge on any atom is 0.0594 e. The largest absolute Gasteiger partial charge is 0.379 e. The molecular formula is C20H32N2O. The van der Waals surface area contributed by atoms with Gasteiger partial charge in [0, 0.05) is 25.7 Å². The minimum Gasteiger partial charge on any atom is -0.379 e. The molecule has 0 amide bonds. The predicted molar refractivity (Wildman–Crippen MR) is 95.8 cm³/mol. The molecular weight excluding hydrogens is 284 g/mol.